The van der Waals surface area contributed by atoms with Crippen LogP contribution in [0.5, 0.6) is 0 Å². The maximum Gasteiger partial charge on any atom is 0.251 e. The van der Waals surface area contributed by atoms with E-state index in [2.05, 4.69) is 26.1 Å². The summed E-state index contributed by atoms with van der Waals surface area (Å²) in [6, 6.07) is 7.55. The van der Waals surface area contributed by atoms with E-state index in [9.17, 15) is 13.2 Å². The van der Waals surface area contributed by atoms with Gasteiger partial charge in [0.15, 0.2) is 0 Å². The van der Waals surface area contributed by atoms with Gasteiger partial charge in [-0.25, -0.2) is 12.7 Å². The van der Waals surface area contributed by atoms with Crippen LogP contribution in [-0.2, 0) is 15.4 Å². The van der Waals surface area contributed by atoms with Gasteiger partial charge in [-0.2, -0.15) is 0 Å². The summed E-state index contributed by atoms with van der Waals surface area (Å²) in [6.45, 7) is 7.61. The van der Waals surface area contributed by atoms with Gasteiger partial charge in [0.05, 0.1) is 5.75 Å². The van der Waals surface area contributed by atoms with Crippen LogP contribution in [0, 0.1) is 0 Å². The Morgan fingerprint density at radius 2 is 1.83 bits per heavy atom. The number of amides is 1. The molecule has 0 bridgehead atoms. The number of nitrogens with one attached hydrogen (secondary N) is 1. The van der Waals surface area contributed by atoms with Crippen molar-refractivity contribution in [3.8, 4) is 0 Å². The average molecular weight is 338 g/mol. The highest BCUT2D eigenvalue weighted by Crippen LogP contribution is 2.22. The molecule has 1 saturated heterocycles. The van der Waals surface area contributed by atoms with Gasteiger partial charge in [0.25, 0.3) is 5.91 Å². The number of carbonyl (C=O) groups excluding carboxylic acids is 1. The van der Waals surface area contributed by atoms with Crippen molar-refractivity contribution in [3.63, 3.8) is 0 Å². The van der Waals surface area contributed by atoms with Crippen LogP contribution in [0.3, 0.4) is 0 Å². The van der Waals surface area contributed by atoms with Crippen LogP contribution in [0.2, 0.25) is 0 Å². The van der Waals surface area contributed by atoms with Crippen LogP contribution in [-0.4, -0.2) is 44.0 Å². The Balaban J connectivity index is 1.87. The van der Waals surface area contributed by atoms with Crippen LogP contribution in [0.1, 0.15) is 49.5 Å². The van der Waals surface area contributed by atoms with E-state index in [0.717, 1.165) is 12.8 Å². The molecule has 1 aliphatic rings. The standard InChI is InChI=1S/C17H26N2O3S/c1-17(2,3)15-8-6-14(7-9-15)16(20)18-10-12-19-11-4-5-13-23(19,21)22/h6-9H,4-5,10-13H2,1-3H3,(H,18,20). The van der Waals surface area contributed by atoms with Gasteiger partial charge >= 0.3 is 0 Å². The molecule has 0 spiro atoms. The third-order valence-electron chi connectivity index (χ3n) is 4.11. The highest BCUT2D eigenvalue weighted by atomic mass is 32.2. The molecule has 1 N–H and O–H groups in total. The van der Waals surface area contributed by atoms with Crippen molar-refractivity contribution < 1.29 is 13.2 Å². The molecule has 0 atom stereocenters. The average Bonchev–Trinajstić information content (AvgIpc) is 2.48. The maximum absolute atomic E-state index is 12.1. The van der Waals surface area contributed by atoms with Crippen LogP contribution in [0.15, 0.2) is 24.3 Å². The molecule has 2 rings (SSSR count). The molecule has 0 radical (unpaired) electrons. The molecule has 6 heteroatoms. The Kier molecular flexibility index (Phi) is 5.47. The summed E-state index contributed by atoms with van der Waals surface area (Å²) >= 11 is 0. The zero-order valence-corrected chi connectivity index (χ0v) is 14.9. The first-order valence-corrected chi connectivity index (χ1v) is 9.68. The Labute approximate surface area is 139 Å². The second-order valence-electron chi connectivity index (χ2n) is 7.01. The van der Waals surface area contributed by atoms with Crippen molar-refractivity contribution in [2.45, 2.75) is 39.0 Å². The van der Waals surface area contributed by atoms with E-state index in [-0.39, 0.29) is 17.1 Å². The van der Waals surface area contributed by atoms with Gasteiger partial charge in [-0.3, -0.25) is 4.79 Å². The summed E-state index contributed by atoms with van der Waals surface area (Å²) in [4.78, 5) is 12.1. The van der Waals surface area contributed by atoms with Gasteiger partial charge in [-0.05, 0) is 36.0 Å². The Hall–Kier alpha value is -1.40. The number of hydrogen-bond donors (Lipinski definition) is 1. The van der Waals surface area contributed by atoms with Gasteiger partial charge in [0, 0.05) is 25.2 Å². The molecule has 1 aromatic rings. The number of carbonyl (C=O) groups is 1. The fourth-order valence-corrected chi connectivity index (χ4v) is 4.21. The molecular formula is C17H26N2O3S. The molecule has 5 nitrogen and oxygen atoms in total. The molecule has 23 heavy (non-hydrogen) atoms. The molecule has 0 unspecified atom stereocenters. The zero-order valence-electron chi connectivity index (χ0n) is 14.1. The van der Waals surface area contributed by atoms with Crippen molar-refractivity contribution in [1.29, 1.82) is 0 Å². The van der Waals surface area contributed by atoms with Crippen molar-refractivity contribution in [1.82, 2.24) is 9.62 Å². The lowest BCUT2D eigenvalue weighted by molar-refractivity contribution is 0.0951. The summed E-state index contributed by atoms with van der Waals surface area (Å²) in [5.41, 5.74) is 1.82. The van der Waals surface area contributed by atoms with Gasteiger partial charge in [-0.1, -0.05) is 32.9 Å². The summed E-state index contributed by atoms with van der Waals surface area (Å²) in [6.07, 6.45) is 1.62. The van der Waals surface area contributed by atoms with E-state index in [1.165, 1.54) is 9.87 Å². The lowest BCUT2D eigenvalue weighted by Gasteiger charge is -2.26. The monoisotopic (exact) mass is 338 g/mol. The number of benzene rings is 1. The summed E-state index contributed by atoms with van der Waals surface area (Å²) in [5, 5.41) is 2.80. The summed E-state index contributed by atoms with van der Waals surface area (Å²) < 4.78 is 25.2. The number of hydrogen-bond acceptors (Lipinski definition) is 3. The van der Waals surface area contributed by atoms with Gasteiger partial charge < -0.3 is 5.32 Å². The van der Waals surface area contributed by atoms with E-state index in [0.29, 0.717) is 25.2 Å². The Morgan fingerprint density at radius 1 is 1.17 bits per heavy atom. The first-order chi connectivity index (χ1) is 10.7. The molecule has 1 fully saturated rings. The van der Waals surface area contributed by atoms with Crippen LogP contribution >= 0.6 is 0 Å². The number of sulfonamides is 1. The molecular weight excluding hydrogens is 312 g/mol. The van der Waals surface area contributed by atoms with Crippen LogP contribution in [0.25, 0.3) is 0 Å². The van der Waals surface area contributed by atoms with E-state index in [1.807, 2.05) is 24.3 Å². The quantitative estimate of drug-likeness (QED) is 0.915. The van der Waals surface area contributed by atoms with Crippen molar-refractivity contribution in [2.24, 2.45) is 0 Å². The molecule has 1 aromatic carbocycles. The summed E-state index contributed by atoms with van der Waals surface area (Å²) in [5.74, 6) is 0.0507. The SMILES string of the molecule is CC(C)(C)c1ccc(C(=O)NCCN2CCCCS2(=O)=O)cc1. The molecule has 128 valence electrons. The first kappa shape index (κ1) is 17.9. The lowest BCUT2D eigenvalue weighted by Crippen LogP contribution is -2.42. The predicted octanol–water partition coefficient (Wildman–Crippen LogP) is 2.14. The van der Waals surface area contributed by atoms with Crippen LogP contribution < -0.4 is 5.32 Å². The second kappa shape index (κ2) is 7.01. The second-order valence-corrected chi connectivity index (χ2v) is 9.09. The normalized spacial score (nSPS) is 18.6. The third-order valence-corrected chi connectivity index (χ3v) is 6.07. The molecule has 0 saturated carbocycles. The van der Waals surface area contributed by atoms with Gasteiger partial charge in [0.1, 0.15) is 0 Å². The van der Waals surface area contributed by atoms with Gasteiger partial charge in [0.2, 0.25) is 10.0 Å². The van der Waals surface area contributed by atoms with E-state index >= 15 is 0 Å². The molecule has 0 aliphatic carbocycles. The molecule has 1 heterocycles. The fraction of sp³-hybridized carbons (Fsp3) is 0.588. The predicted molar refractivity (Wildman–Crippen MR) is 92.1 cm³/mol. The van der Waals surface area contributed by atoms with Crippen LogP contribution in [0.4, 0.5) is 0 Å². The molecule has 1 aliphatic heterocycles. The van der Waals surface area contributed by atoms with Crippen molar-refractivity contribution >= 4 is 15.9 Å². The topological polar surface area (TPSA) is 66.5 Å². The molecule has 0 aromatic heterocycles. The number of nitrogens with zero attached hydrogens (tertiary/aromatic N) is 1. The highest BCUT2D eigenvalue weighted by molar-refractivity contribution is 7.89. The lowest BCUT2D eigenvalue weighted by atomic mass is 9.87. The minimum atomic E-state index is -3.13. The maximum atomic E-state index is 12.1. The smallest absolute Gasteiger partial charge is 0.251 e. The van der Waals surface area contributed by atoms with E-state index < -0.39 is 10.0 Å². The minimum Gasteiger partial charge on any atom is -0.351 e. The molecule has 1 amide bonds. The van der Waals surface area contributed by atoms with Crippen molar-refractivity contribution in [2.75, 3.05) is 25.4 Å². The first-order valence-electron chi connectivity index (χ1n) is 8.07. The minimum absolute atomic E-state index is 0.0532. The van der Waals surface area contributed by atoms with E-state index in [1.54, 1.807) is 0 Å². The number of rotatable bonds is 4. The Bertz CT molecular complexity index is 645. The summed E-state index contributed by atoms with van der Waals surface area (Å²) in [7, 11) is -3.13. The van der Waals surface area contributed by atoms with E-state index in [4.69, 9.17) is 0 Å². The fourth-order valence-electron chi connectivity index (χ4n) is 2.61. The highest BCUT2D eigenvalue weighted by Gasteiger charge is 2.25. The Morgan fingerprint density at radius 3 is 2.39 bits per heavy atom. The third kappa shape index (κ3) is 4.78. The van der Waals surface area contributed by atoms with Crippen molar-refractivity contribution in [3.05, 3.63) is 35.4 Å². The van der Waals surface area contributed by atoms with Gasteiger partial charge in [-0.15, -0.1) is 0 Å². The largest absolute Gasteiger partial charge is 0.351 e. The zero-order chi connectivity index (χ0) is 17.1.